The molecule has 5 aromatic carbocycles. The van der Waals surface area contributed by atoms with Crippen molar-refractivity contribution in [3.05, 3.63) is 121 Å². The fourth-order valence-corrected chi connectivity index (χ4v) is 5.26. The summed E-state index contributed by atoms with van der Waals surface area (Å²) in [5.74, 6) is 0.676. The molecule has 0 saturated carbocycles. The molecular weight excluding hydrogens is 452 g/mol. The van der Waals surface area contributed by atoms with Gasteiger partial charge in [0.15, 0.2) is 11.5 Å². The van der Waals surface area contributed by atoms with Crippen LogP contribution in [0.1, 0.15) is 5.56 Å². The zero-order valence-electron chi connectivity index (χ0n) is 20.0. The average Bonchev–Trinajstić information content (AvgIpc) is 3.41. The van der Waals surface area contributed by atoms with Crippen LogP contribution in [0.4, 0.5) is 0 Å². The summed E-state index contributed by atoms with van der Waals surface area (Å²) in [7, 11) is 0. The summed E-state index contributed by atoms with van der Waals surface area (Å²) in [6.45, 7) is 0. The lowest BCUT2D eigenvalue weighted by Gasteiger charge is -2.12. The van der Waals surface area contributed by atoms with Crippen molar-refractivity contribution in [3.63, 3.8) is 0 Å². The predicted octanol–water partition coefficient (Wildman–Crippen LogP) is 8.19. The summed E-state index contributed by atoms with van der Waals surface area (Å²) in [5.41, 5.74) is 4.94. The van der Waals surface area contributed by atoms with Crippen LogP contribution in [0, 0.1) is 5.41 Å². The molecule has 0 atom stereocenters. The third kappa shape index (κ3) is 3.50. The fourth-order valence-electron chi connectivity index (χ4n) is 5.26. The summed E-state index contributed by atoms with van der Waals surface area (Å²) in [6, 6.07) is 36.4. The van der Waals surface area contributed by atoms with Crippen molar-refractivity contribution in [2.24, 2.45) is 0 Å². The first-order chi connectivity index (χ1) is 18.3. The monoisotopic (exact) mass is 474 g/mol. The summed E-state index contributed by atoms with van der Waals surface area (Å²) in [5, 5.41) is 19.6. The minimum atomic E-state index is 0.676. The molecule has 2 aromatic heterocycles. The number of allylic oxidation sites excluding steroid dienone is 1. The Labute approximate surface area is 213 Å². The molecule has 2 heterocycles. The molecule has 0 amide bonds. The standard InChI is InChI=1S/C33H22N4/c34-18-6-10-22-11-7-19-37-33(22)35-32(36-37)25-9-5-8-23(20-25)24-16-17-30-28-14-2-1-12-26(28)27-13-3-4-15-29(27)31(30)21-24/h1-21,34H/b10-6-,34-18?. The maximum atomic E-state index is 7.29. The van der Waals surface area contributed by atoms with E-state index in [0.717, 1.165) is 27.9 Å². The van der Waals surface area contributed by atoms with Gasteiger partial charge in [0, 0.05) is 23.5 Å². The molecule has 4 heteroatoms. The number of aromatic nitrogens is 3. The summed E-state index contributed by atoms with van der Waals surface area (Å²) in [4.78, 5) is 4.82. The second-order valence-corrected chi connectivity index (χ2v) is 9.13. The number of benzene rings is 5. The molecule has 7 aromatic rings. The topological polar surface area (TPSA) is 54.0 Å². The van der Waals surface area contributed by atoms with Crippen LogP contribution in [0.2, 0.25) is 0 Å². The Morgan fingerprint density at radius 3 is 1.97 bits per heavy atom. The van der Waals surface area contributed by atoms with Gasteiger partial charge >= 0.3 is 0 Å². The van der Waals surface area contributed by atoms with Crippen LogP contribution in [0.5, 0.6) is 0 Å². The highest BCUT2D eigenvalue weighted by Gasteiger charge is 2.12. The van der Waals surface area contributed by atoms with Crippen molar-refractivity contribution in [1.29, 1.82) is 5.41 Å². The van der Waals surface area contributed by atoms with E-state index in [0.29, 0.717) is 5.82 Å². The van der Waals surface area contributed by atoms with Gasteiger partial charge in [-0.05, 0) is 79.9 Å². The minimum Gasteiger partial charge on any atom is -0.309 e. The normalized spacial score (nSPS) is 11.8. The zero-order valence-corrected chi connectivity index (χ0v) is 20.0. The number of pyridine rings is 1. The van der Waals surface area contributed by atoms with E-state index in [1.54, 1.807) is 10.6 Å². The molecule has 4 nitrogen and oxygen atoms in total. The first-order valence-electron chi connectivity index (χ1n) is 12.3. The lowest BCUT2D eigenvalue weighted by atomic mass is 9.92. The largest absolute Gasteiger partial charge is 0.309 e. The number of hydrogen-bond acceptors (Lipinski definition) is 3. The second kappa shape index (κ2) is 8.54. The Balaban J connectivity index is 1.38. The molecule has 0 saturated heterocycles. The van der Waals surface area contributed by atoms with Crippen LogP contribution in [0.25, 0.3) is 66.6 Å². The van der Waals surface area contributed by atoms with E-state index in [9.17, 15) is 0 Å². The van der Waals surface area contributed by atoms with Gasteiger partial charge in [-0.2, -0.15) is 0 Å². The molecule has 0 aliphatic heterocycles. The highest BCUT2D eigenvalue weighted by atomic mass is 15.3. The van der Waals surface area contributed by atoms with Gasteiger partial charge in [-0.25, -0.2) is 9.50 Å². The van der Waals surface area contributed by atoms with Crippen molar-refractivity contribution in [2.45, 2.75) is 0 Å². The maximum Gasteiger partial charge on any atom is 0.182 e. The Morgan fingerprint density at radius 2 is 1.24 bits per heavy atom. The van der Waals surface area contributed by atoms with Crippen LogP contribution in [0.15, 0.2) is 115 Å². The molecule has 0 aliphatic carbocycles. The van der Waals surface area contributed by atoms with Gasteiger partial charge in [-0.1, -0.05) is 78.9 Å². The van der Waals surface area contributed by atoms with E-state index in [1.807, 2.05) is 24.4 Å². The predicted molar refractivity (Wildman–Crippen MR) is 154 cm³/mol. The van der Waals surface area contributed by atoms with Gasteiger partial charge in [-0.3, -0.25) is 0 Å². The van der Waals surface area contributed by atoms with E-state index >= 15 is 0 Å². The molecule has 0 fully saturated rings. The quantitative estimate of drug-likeness (QED) is 0.206. The molecule has 0 aliphatic rings. The number of nitrogens with one attached hydrogen (secondary N) is 1. The van der Waals surface area contributed by atoms with Gasteiger partial charge in [0.25, 0.3) is 0 Å². The first-order valence-corrected chi connectivity index (χ1v) is 12.3. The SMILES string of the molecule is N=C/C=C\c1cccn2nc(-c3cccc(-c4ccc5c6ccccc6c6ccccc6c5c4)c3)nc12. The highest BCUT2D eigenvalue weighted by molar-refractivity contribution is 6.25. The molecule has 1 N–H and O–H groups in total. The van der Waals surface area contributed by atoms with Crippen molar-refractivity contribution in [3.8, 4) is 22.5 Å². The molecule has 37 heavy (non-hydrogen) atoms. The molecule has 0 spiro atoms. The van der Waals surface area contributed by atoms with Gasteiger partial charge in [0.1, 0.15) is 0 Å². The third-order valence-electron chi connectivity index (χ3n) is 6.96. The summed E-state index contributed by atoms with van der Waals surface area (Å²) >= 11 is 0. The van der Waals surface area contributed by atoms with Crippen molar-refractivity contribution in [2.75, 3.05) is 0 Å². The Kier molecular flexibility index (Phi) is 4.90. The van der Waals surface area contributed by atoms with Crippen molar-refractivity contribution in [1.82, 2.24) is 14.6 Å². The van der Waals surface area contributed by atoms with E-state index in [2.05, 4.69) is 91.0 Å². The van der Waals surface area contributed by atoms with E-state index in [-0.39, 0.29) is 0 Å². The van der Waals surface area contributed by atoms with Gasteiger partial charge in [0.05, 0.1) is 0 Å². The molecule has 174 valence electrons. The Morgan fingerprint density at radius 1 is 0.595 bits per heavy atom. The zero-order chi connectivity index (χ0) is 24.8. The van der Waals surface area contributed by atoms with Crippen LogP contribution >= 0.6 is 0 Å². The Bertz CT molecular complexity index is 1980. The summed E-state index contributed by atoms with van der Waals surface area (Å²) in [6.07, 6.45) is 6.73. The van der Waals surface area contributed by atoms with E-state index < -0.39 is 0 Å². The number of rotatable bonds is 4. The molecule has 7 rings (SSSR count). The van der Waals surface area contributed by atoms with Crippen molar-refractivity contribution >= 4 is 50.3 Å². The third-order valence-corrected chi connectivity index (χ3v) is 6.96. The molecule has 0 radical (unpaired) electrons. The van der Waals surface area contributed by atoms with Gasteiger partial charge in [0.2, 0.25) is 0 Å². The Hall–Kier alpha value is -5.09. The van der Waals surface area contributed by atoms with Crippen molar-refractivity contribution < 1.29 is 0 Å². The second-order valence-electron chi connectivity index (χ2n) is 9.13. The van der Waals surface area contributed by atoms with Crippen LogP contribution in [-0.4, -0.2) is 20.8 Å². The maximum absolute atomic E-state index is 7.29. The van der Waals surface area contributed by atoms with Crippen LogP contribution in [-0.2, 0) is 0 Å². The smallest absolute Gasteiger partial charge is 0.182 e. The first kappa shape index (κ1) is 21.2. The molecule has 0 bridgehead atoms. The van der Waals surface area contributed by atoms with Gasteiger partial charge in [-0.15, -0.1) is 5.10 Å². The lowest BCUT2D eigenvalue weighted by molar-refractivity contribution is 0.964. The molecule has 0 unspecified atom stereocenters. The lowest BCUT2D eigenvalue weighted by Crippen LogP contribution is -1.88. The fraction of sp³-hybridized carbons (Fsp3) is 0. The summed E-state index contributed by atoms with van der Waals surface area (Å²) < 4.78 is 1.79. The van der Waals surface area contributed by atoms with Crippen LogP contribution in [0.3, 0.4) is 0 Å². The molecular formula is C33H22N4. The van der Waals surface area contributed by atoms with E-state index in [1.165, 1.54) is 38.5 Å². The number of hydrogen-bond donors (Lipinski definition) is 1. The van der Waals surface area contributed by atoms with E-state index in [4.69, 9.17) is 15.5 Å². The van der Waals surface area contributed by atoms with Gasteiger partial charge < -0.3 is 5.41 Å². The number of nitrogens with zero attached hydrogens (tertiary/aromatic N) is 3. The number of fused-ring (bicyclic) bond motifs is 7. The van der Waals surface area contributed by atoms with Crippen LogP contribution < -0.4 is 0 Å². The minimum absolute atomic E-state index is 0.676. The highest BCUT2D eigenvalue weighted by Crippen LogP contribution is 2.37. The average molecular weight is 475 g/mol.